The molecule has 1 fully saturated rings. The number of nitrogens with one attached hydrogen (secondary N) is 1. The quantitative estimate of drug-likeness (QED) is 0.0277. The summed E-state index contributed by atoms with van der Waals surface area (Å²) < 4.78 is 11.2. The highest BCUT2D eigenvalue weighted by Gasteiger charge is 2.44. The summed E-state index contributed by atoms with van der Waals surface area (Å²) in [7, 11) is 0. The lowest BCUT2D eigenvalue weighted by atomic mass is 9.99. The van der Waals surface area contributed by atoms with Crippen LogP contribution in [0.15, 0.2) is 12.2 Å². The van der Waals surface area contributed by atoms with E-state index < -0.39 is 49.5 Å². The van der Waals surface area contributed by atoms with E-state index in [0.717, 1.165) is 38.5 Å². The van der Waals surface area contributed by atoms with Gasteiger partial charge in [0.15, 0.2) is 6.29 Å². The predicted octanol–water partition coefficient (Wildman–Crippen LogP) is 8.56. The Bertz CT molecular complexity index is 827. The first kappa shape index (κ1) is 48.9. The lowest BCUT2D eigenvalue weighted by Crippen LogP contribution is -2.60. The molecule has 1 heterocycles. The molecular formula is C43H83NO8. The van der Waals surface area contributed by atoms with Crippen LogP contribution in [0.4, 0.5) is 0 Å². The van der Waals surface area contributed by atoms with Gasteiger partial charge in [0.2, 0.25) is 5.91 Å². The molecule has 7 atom stereocenters. The molecule has 0 spiro atoms. The van der Waals surface area contributed by atoms with E-state index in [4.69, 9.17) is 9.47 Å². The highest BCUT2D eigenvalue weighted by molar-refractivity contribution is 5.76. The highest BCUT2D eigenvalue weighted by Crippen LogP contribution is 2.22. The second-order valence-corrected chi connectivity index (χ2v) is 15.5. The Hall–Kier alpha value is -1.07. The van der Waals surface area contributed by atoms with Crippen LogP contribution in [-0.4, -0.2) is 87.5 Å². The fraction of sp³-hybridized carbons (Fsp3) is 0.930. The van der Waals surface area contributed by atoms with Crippen molar-refractivity contribution in [2.45, 2.75) is 243 Å². The smallest absolute Gasteiger partial charge is 0.220 e. The zero-order valence-electron chi connectivity index (χ0n) is 33.6. The minimum absolute atomic E-state index is 0.175. The molecule has 0 saturated carbocycles. The van der Waals surface area contributed by atoms with E-state index in [-0.39, 0.29) is 12.5 Å². The molecule has 2 unspecified atom stereocenters. The van der Waals surface area contributed by atoms with Crippen molar-refractivity contribution in [1.29, 1.82) is 0 Å². The third-order valence-corrected chi connectivity index (χ3v) is 10.6. The number of hydrogen-bond acceptors (Lipinski definition) is 8. The summed E-state index contributed by atoms with van der Waals surface area (Å²) in [5.41, 5.74) is 0. The molecule has 1 amide bonds. The van der Waals surface area contributed by atoms with Gasteiger partial charge in [-0.2, -0.15) is 0 Å². The van der Waals surface area contributed by atoms with E-state index in [2.05, 4.69) is 19.2 Å². The maximum absolute atomic E-state index is 12.9. The summed E-state index contributed by atoms with van der Waals surface area (Å²) in [6.07, 6.45) is 31.0. The second kappa shape index (κ2) is 34.4. The molecule has 6 N–H and O–H groups in total. The van der Waals surface area contributed by atoms with Gasteiger partial charge in [-0.05, 0) is 19.3 Å². The van der Waals surface area contributed by atoms with Crippen LogP contribution in [0, 0.1) is 0 Å². The van der Waals surface area contributed by atoms with Crippen LogP contribution in [0.25, 0.3) is 0 Å². The van der Waals surface area contributed by atoms with E-state index in [1.165, 1.54) is 141 Å². The van der Waals surface area contributed by atoms with Gasteiger partial charge in [-0.15, -0.1) is 0 Å². The molecule has 0 aliphatic carbocycles. The van der Waals surface area contributed by atoms with Crippen LogP contribution in [-0.2, 0) is 14.3 Å². The van der Waals surface area contributed by atoms with Crippen LogP contribution in [0.5, 0.6) is 0 Å². The van der Waals surface area contributed by atoms with Crippen molar-refractivity contribution in [1.82, 2.24) is 5.32 Å². The fourth-order valence-corrected chi connectivity index (χ4v) is 7.04. The van der Waals surface area contributed by atoms with Gasteiger partial charge in [0.1, 0.15) is 24.4 Å². The average Bonchev–Trinajstić information content (AvgIpc) is 3.14. The van der Waals surface area contributed by atoms with E-state index in [0.29, 0.717) is 6.42 Å². The Morgan fingerprint density at radius 3 is 1.50 bits per heavy atom. The molecule has 0 bridgehead atoms. The lowest BCUT2D eigenvalue weighted by Gasteiger charge is -2.40. The van der Waals surface area contributed by atoms with Crippen molar-refractivity contribution in [2.24, 2.45) is 0 Å². The van der Waals surface area contributed by atoms with Gasteiger partial charge < -0.3 is 40.3 Å². The third kappa shape index (κ3) is 25.1. The average molecular weight is 742 g/mol. The molecule has 9 nitrogen and oxygen atoms in total. The maximum atomic E-state index is 12.9. The maximum Gasteiger partial charge on any atom is 0.220 e. The fourth-order valence-electron chi connectivity index (χ4n) is 7.04. The SMILES string of the molecule is CCCCCCCCCCCCCC/C=C/[C@@H](O)[C@H](CO[C@@H]1O[C@H](CO)[C@H](O)C(O)C1O)NC(=O)CCCCCCCCCCCCCCCCC. The Balaban J connectivity index is 2.38. The van der Waals surface area contributed by atoms with Crippen molar-refractivity contribution in [3.8, 4) is 0 Å². The monoisotopic (exact) mass is 742 g/mol. The number of amides is 1. The predicted molar refractivity (Wildman–Crippen MR) is 212 cm³/mol. The number of aliphatic hydroxyl groups excluding tert-OH is 5. The normalized spacial score (nSPS) is 21.9. The summed E-state index contributed by atoms with van der Waals surface area (Å²) in [6.45, 7) is 3.77. The Kier molecular flexibility index (Phi) is 32.4. The Morgan fingerprint density at radius 2 is 1.06 bits per heavy atom. The first-order chi connectivity index (χ1) is 25.3. The van der Waals surface area contributed by atoms with Crippen LogP contribution in [0.1, 0.15) is 200 Å². The number of rotatable bonds is 36. The molecule has 52 heavy (non-hydrogen) atoms. The van der Waals surface area contributed by atoms with Crippen LogP contribution in [0.2, 0.25) is 0 Å². The molecule has 9 heteroatoms. The number of allylic oxidation sites excluding steroid dienone is 1. The Labute approximate surface area is 318 Å². The molecule has 308 valence electrons. The van der Waals surface area contributed by atoms with Crippen molar-refractivity contribution in [3.63, 3.8) is 0 Å². The molecule has 1 saturated heterocycles. The molecule has 0 aromatic heterocycles. The molecule has 1 aliphatic heterocycles. The van der Waals surface area contributed by atoms with Gasteiger partial charge in [0.05, 0.1) is 25.4 Å². The molecule has 0 radical (unpaired) electrons. The van der Waals surface area contributed by atoms with E-state index in [1.807, 2.05) is 6.08 Å². The molecular weight excluding hydrogens is 658 g/mol. The van der Waals surface area contributed by atoms with Crippen molar-refractivity contribution in [3.05, 3.63) is 12.2 Å². The van der Waals surface area contributed by atoms with Crippen molar-refractivity contribution < 1.29 is 39.8 Å². The second-order valence-electron chi connectivity index (χ2n) is 15.5. The summed E-state index contributed by atoms with van der Waals surface area (Å²) in [4.78, 5) is 12.9. The van der Waals surface area contributed by atoms with Gasteiger partial charge in [-0.25, -0.2) is 0 Å². The van der Waals surface area contributed by atoms with Gasteiger partial charge in [-0.1, -0.05) is 187 Å². The van der Waals surface area contributed by atoms with Crippen molar-refractivity contribution in [2.75, 3.05) is 13.2 Å². The van der Waals surface area contributed by atoms with Gasteiger partial charge in [-0.3, -0.25) is 4.79 Å². The van der Waals surface area contributed by atoms with Gasteiger partial charge in [0.25, 0.3) is 0 Å². The summed E-state index contributed by atoms with van der Waals surface area (Å²) in [6, 6.07) is -0.797. The van der Waals surface area contributed by atoms with Gasteiger partial charge in [0, 0.05) is 6.42 Å². The molecule has 1 aliphatic rings. The minimum Gasteiger partial charge on any atom is -0.394 e. The van der Waals surface area contributed by atoms with Crippen molar-refractivity contribution >= 4 is 5.91 Å². The largest absolute Gasteiger partial charge is 0.394 e. The van der Waals surface area contributed by atoms with E-state index >= 15 is 0 Å². The summed E-state index contributed by atoms with van der Waals surface area (Å²) in [5, 5.41) is 54.1. The highest BCUT2D eigenvalue weighted by atomic mass is 16.7. The number of aliphatic hydroxyl groups is 5. The third-order valence-electron chi connectivity index (χ3n) is 10.6. The van der Waals surface area contributed by atoms with Crippen LogP contribution in [0.3, 0.4) is 0 Å². The zero-order chi connectivity index (χ0) is 38.1. The number of carbonyl (C=O) groups is 1. The van der Waals surface area contributed by atoms with E-state index in [1.54, 1.807) is 6.08 Å². The Morgan fingerprint density at radius 1 is 0.635 bits per heavy atom. The number of hydrogen-bond donors (Lipinski definition) is 6. The molecule has 0 aromatic carbocycles. The standard InChI is InChI=1S/C43H83NO8/c1-3-5-7-9-11-13-15-17-19-21-23-25-27-29-31-33-39(47)44-36(35-51-43-42(50)41(49)40(48)38(34-45)52-43)37(46)32-30-28-26-24-22-20-18-16-14-12-10-8-6-4-2/h30,32,36-38,40-43,45-46,48-50H,3-29,31,33-35H2,1-2H3,(H,44,47)/b32-30+/t36-,37+,38+,40-,41?,42?,43+/m0/s1. The minimum atomic E-state index is -1.56. The summed E-state index contributed by atoms with van der Waals surface area (Å²) in [5.74, 6) is -0.175. The van der Waals surface area contributed by atoms with E-state index in [9.17, 15) is 30.3 Å². The number of carbonyl (C=O) groups excluding carboxylic acids is 1. The lowest BCUT2D eigenvalue weighted by molar-refractivity contribution is -0.302. The van der Waals surface area contributed by atoms with Crippen LogP contribution >= 0.6 is 0 Å². The van der Waals surface area contributed by atoms with Gasteiger partial charge >= 0.3 is 0 Å². The zero-order valence-corrected chi connectivity index (χ0v) is 33.6. The number of ether oxygens (including phenoxy) is 2. The topological polar surface area (TPSA) is 149 Å². The van der Waals surface area contributed by atoms with Crippen LogP contribution < -0.4 is 5.32 Å². The molecule has 0 aromatic rings. The first-order valence-corrected chi connectivity index (χ1v) is 21.9. The first-order valence-electron chi connectivity index (χ1n) is 21.9. The molecule has 1 rings (SSSR count). The number of unbranched alkanes of at least 4 members (excludes halogenated alkanes) is 26. The summed E-state index contributed by atoms with van der Waals surface area (Å²) >= 11 is 0.